The van der Waals surface area contributed by atoms with Crippen LogP contribution in [0.3, 0.4) is 0 Å². The number of amides is 1. The molecule has 1 aliphatic carbocycles. The first-order chi connectivity index (χ1) is 6.16. The third-order valence-electron chi connectivity index (χ3n) is 2.85. The fraction of sp³-hybridized carbons (Fsp3) is 0.778. The first-order valence-electron chi connectivity index (χ1n) is 4.68. The van der Waals surface area contributed by atoms with Crippen molar-refractivity contribution in [3.63, 3.8) is 0 Å². The summed E-state index contributed by atoms with van der Waals surface area (Å²) in [5, 5.41) is 11.5. The van der Waals surface area contributed by atoms with Crippen LogP contribution < -0.4 is 5.32 Å². The van der Waals surface area contributed by atoms with Crippen molar-refractivity contribution in [3.8, 4) is 0 Å². The predicted octanol–water partition coefficient (Wildman–Crippen LogP) is 0.376. The van der Waals surface area contributed by atoms with Crippen molar-refractivity contribution in [2.24, 2.45) is 11.8 Å². The highest BCUT2D eigenvalue weighted by Gasteiger charge is 2.42. The van der Waals surface area contributed by atoms with Crippen LogP contribution in [0.2, 0.25) is 0 Å². The molecule has 0 unspecified atom stereocenters. The highest BCUT2D eigenvalue weighted by molar-refractivity contribution is 5.80. The fourth-order valence-electron chi connectivity index (χ4n) is 2.11. The molecule has 4 heteroatoms. The van der Waals surface area contributed by atoms with Gasteiger partial charge in [-0.2, -0.15) is 0 Å². The second-order valence-electron chi connectivity index (χ2n) is 3.99. The summed E-state index contributed by atoms with van der Waals surface area (Å²) in [5.74, 6) is -0.205. The molecular formula is C9H13NO3. The highest BCUT2D eigenvalue weighted by Crippen LogP contribution is 2.39. The maximum atomic E-state index is 11.1. The molecule has 0 bridgehead atoms. The minimum absolute atomic E-state index is 0.0168. The van der Waals surface area contributed by atoms with Gasteiger partial charge in [0.2, 0.25) is 5.91 Å². The van der Waals surface area contributed by atoms with Gasteiger partial charge in [-0.25, -0.2) is 0 Å². The van der Waals surface area contributed by atoms with Gasteiger partial charge in [0.25, 0.3) is 0 Å². The quantitative estimate of drug-likeness (QED) is 0.664. The van der Waals surface area contributed by atoms with Gasteiger partial charge in [-0.1, -0.05) is 0 Å². The maximum Gasteiger partial charge on any atom is 0.303 e. The van der Waals surface area contributed by atoms with E-state index < -0.39 is 5.97 Å². The fourth-order valence-corrected chi connectivity index (χ4v) is 2.11. The number of carbonyl (C=O) groups is 2. The van der Waals surface area contributed by atoms with Crippen LogP contribution in [0.1, 0.15) is 25.7 Å². The number of hydrogen-bond acceptors (Lipinski definition) is 2. The van der Waals surface area contributed by atoms with Gasteiger partial charge >= 0.3 is 5.97 Å². The molecule has 1 saturated heterocycles. The Morgan fingerprint density at radius 3 is 2.77 bits per heavy atom. The lowest BCUT2D eigenvalue weighted by Crippen LogP contribution is -2.31. The third-order valence-corrected chi connectivity index (χ3v) is 2.85. The number of carboxylic acid groups (broad SMARTS) is 1. The molecule has 72 valence electrons. The van der Waals surface area contributed by atoms with E-state index in [0.717, 1.165) is 12.8 Å². The summed E-state index contributed by atoms with van der Waals surface area (Å²) in [7, 11) is 0. The Balaban J connectivity index is 1.98. The summed E-state index contributed by atoms with van der Waals surface area (Å²) >= 11 is 0. The zero-order valence-corrected chi connectivity index (χ0v) is 7.32. The standard InChI is InChI=1S/C9H13NO3/c11-7-3-6(4-8(12)13)9(10-7)5-1-2-5/h5-6,9H,1-4H2,(H,10,11)(H,12,13)/t6-,9-/m0/s1. The van der Waals surface area contributed by atoms with E-state index in [9.17, 15) is 9.59 Å². The van der Waals surface area contributed by atoms with Crippen molar-refractivity contribution in [2.45, 2.75) is 31.7 Å². The Labute approximate surface area is 76.3 Å². The molecule has 0 radical (unpaired) electrons. The second-order valence-corrected chi connectivity index (χ2v) is 3.99. The monoisotopic (exact) mass is 183 g/mol. The minimum Gasteiger partial charge on any atom is -0.481 e. The van der Waals surface area contributed by atoms with Crippen molar-refractivity contribution in [3.05, 3.63) is 0 Å². The van der Waals surface area contributed by atoms with E-state index >= 15 is 0 Å². The maximum absolute atomic E-state index is 11.1. The number of carbonyl (C=O) groups excluding carboxylic acids is 1. The number of aliphatic carboxylic acids is 1. The zero-order chi connectivity index (χ0) is 9.42. The summed E-state index contributed by atoms with van der Waals surface area (Å²) in [6.07, 6.45) is 2.80. The summed E-state index contributed by atoms with van der Waals surface area (Å²) in [6.45, 7) is 0. The van der Waals surface area contributed by atoms with Gasteiger partial charge < -0.3 is 10.4 Å². The van der Waals surface area contributed by atoms with Crippen molar-refractivity contribution < 1.29 is 14.7 Å². The molecule has 0 spiro atoms. The molecule has 1 saturated carbocycles. The van der Waals surface area contributed by atoms with E-state index in [2.05, 4.69) is 5.32 Å². The van der Waals surface area contributed by atoms with E-state index in [1.54, 1.807) is 0 Å². The SMILES string of the molecule is O=C(O)C[C@@H]1CC(=O)N[C@H]1C1CC1. The summed E-state index contributed by atoms with van der Waals surface area (Å²) in [5.41, 5.74) is 0. The molecule has 2 N–H and O–H groups in total. The molecule has 2 fully saturated rings. The van der Waals surface area contributed by atoms with Crippen LogP contribution in [0.5, 0.6) is 0 Å². The largest absolute Gasteiger partial charge is 0.481 e. The average Bonchev–Trinajstić information content (AvgIpc) is 2.77. The number of carboxylic acids is 1. The van der Waals surface area contributed by atoms with Gasteiger partial charge in [0, 0.05) is 12.5 Å². The molecule has 1 heterocycles. The van der Waals surface area contributed by atoms with Crippen LogP contribution in [0.4, 0.5) is 0 Å². The zero-order valence-electron chi connectivity index (χ0n) is 7.32. The average molecular weight is 183 g/mol. The van der Waals surface area contributed by atoms with Crippen LogP contribution >= 0.6 is 0 Å². The first-order valence-corrected chi connectivity index (χ1v) is 4.68. The van der Waals surface area contributed by atoms with E-state index in [-0.39, 0.29) is 24.3 Å². The molecule has 2 atom stereocenters. The molecule has 1 aliphatic heterocycles. The van der Waals surface area contributed by atoms with Crippen molar-refractivity contribution in [1.82, 2.24) is 5.32 Å². The van der Waals surface area contributed by atoms with Crippen molar-refractivity contribution in [2.75, 3.05) is 0 Å². The Hall–Kier alpha value is -1.06. The van der Waals surface area contributed by atoms with E-state index in [1.807, 2.05) is 0 Å². The van der Waals surface area contributed by atoms with Crippen molar-refractivity contribution in [1.29, 1.82) is 0 Å². The molecule has 0 aromatic carbocycles. The van der Waals surface area contributed by atoms with Crippen LogP contribution in [0, 0.1) is 11.8 Å². The molecule has 0 aromatic heterocycles. The van der Waals surface area contributed by atoms with Crippen LogP contribution in [-0.2, 0) is 9.59 Å². The van der Waals surface area contributed by atoms with Crippen LogP contribution in [0.15, 0.2) is 0 Å². The lowest BCUT2D eigenvalue weighted by atomic mass is 9.94. The molecule has 4 nitrogen and oxygen atoms in total. The lowest BCUT2D eigenvalue weighted by Gasteiger charge is -2.15. The smallest absolute Gasteiger partial charge is 0.303 e. The van der Waals surface area contributed by atoms with Gasteiger partial charge in [0.1, 0.15) is 0 Å². The Morgan fingerprint density at radius 1 is 1.54 bits per heavy atom. The normalized spacial score (nSPS) is 33.1. The molecule has 13 heavy (non-hydrogen) atoms. The van der Waals surface area contributed by atoms with Gasteiger partial charge in [-0.3, -0.25) is 9.59 Å². The van der Waals surface area contributed by atoms with E-state index in [0.29, 0.717) is 12.3 Å². The summed E-state index contributed by atoms with van der Waals surface area (Å²) in [4.78, 5) is 21.6. The minimum atomic E-state index is -0.799. The number of nitrogens with one attached hydrogen (secondary N) is 1. The Kier molecular flexibility index (Phi) is 1.98. The molecule has 0 aromatic rings. The van der Waals surface area contributed by atoms with E-state index in [1.165, 1.54) is 0 Å². The second kappa shape index (κ2) is 3.01. The number of hydrogen-bond donors (Lipinski definition) is 2. The Morgan fingerprint density at radius 2 is 2.23 bits per heavy atom. The van der Waals surface area contributed by atoms with Gasteiger partial charge in [-0.15, -0.1) is 0 Å². The van der Waals surface area contributed by atoms with Crippen LogP contribution in [-0.4, -0.2) is 23.0 Å². The predicted molar refractivity (Wildman–Crippen MR) is 45.0 cm³/mol. The van der Waals surface area contributed by atoms with Gasteiger partial charge in [0.05, 0.1) is 6.42 Å². The first kappa shape index (κ1) is 8.53. The lowest BCUT2D eigenvalue weighted by molar-refractivity contribution is -0.138. The van der Waals surface area contributed by atoms with Gasteiger partial charge in [0.15, 0.2) is 0 Å². The Bertz CT molecular complexity index is 247. The number of rotatable bonds is 3. The molecular weight excluding hydrogens is 170 g/mol. The third kappa shape index (κ3) is 1.82. The topological polar surface area (TPSA) is 66.4 Å². The summed E-state index contributed by atoms with van der Waals surface area (Å²) in [6, 6.07) is 0.142. The van der Waals surface area contributed by atoms with Crippen LogP contribution in [0.25, 0.3) is 0 Å². The molecule has 2 rings (SSSR count). The molecule has 1 amide bonds. The molecule has 2 aliphatic rings. The van der Waals surface area contributed by atoms with Crippen molar-refractivity contribution >= 4 is 11.9 Å². The summed E-state index contributed by atoms with van der Waals surface area (Å²) < 4.78 is 0. The highest BCUT2D eigenvalue weighted by atomic mass is 16.4. The van der Waals surface area contributed by atoms with E-state index in [4.69, 9.17) is 5.11 Å². The van der Waals surface area contributed by atoms with Gasteiger partial charge in [-0.05, 0) is 24.7 Å².